The zero-order valence-electron chi connectivity index (χ0n) is 13.0. The summed E-state index contributed by atoms with van der Waals surface area (Å²) >= 11 is 0. The maximum Gasteiger partial charge on any atom is 0.272 e. The number of benzene rings is 1. The fourth-order valence-corrected chi connectivity index (χ4v) is 3.09. The molecule has 1 fully saturated rings. The number of nitrogens with one attached hydrogen (secondary N) is 1. The minimum absolute atomic E-state index is 0.230. The standard InChI is InChI=1S/C16H25N3O2/c1-3-17-10-14-6-5-9-18(11-14)12-15-7-4-8-16(13(15)2)19(20)21/h4,7-8,14,17H,3,5-6,9-12H2,1-2H3. The maximum atomic E-state index is 11.0. The number of likely N-dealkylation sites (tertiary alicyclic amines) is 1. The van der Waals surface area contributed by atoms with Crippen LogP contribution in [0.3, 0.4) is 0 Å². The van der Waals surface area contributed by atoms with E-state index in [0.717, 1.165) is 43.9 Å². The second-order valence-electron chi connectivity index (χ2n) is 5.87. The van der Waals surface area contributed by atoms with Crippen LogP contribution >= 0.6 is 0 Å². The van der Waals surface area contributed by atoms with Crippen LogP contribution in [-0.2, 0) is 6.54 Å². The third-order valence-electron chi connectivity index (χ3n) is 4.29. The average Bonchev–Trinajstić information content (AvgIpc) is 2.47. The van der Waals surface area contributed by atoms with Crippen molar-refractivity contribution < 1.29 is 4.92 Å². The van der Waals surface area contributed by atoms with E-state index in [0.29, 0.717) is 5.92 Å². The monoisotopic (exact) mass is 291 g/mol. The molecule has 0 bridgehead atoms. The highest BCUT2D eigenvalue weighted by Gasteiger charge is 2.21. The van der Waals surface area contributed by atoms with Crippen LogP contribution in [0.5, 0.6) is 0 Å². The molecule has 1 N–H and O–H groups in total. The van der Waals surface area contributed by atoms with Crippen molar-refractivity contribution in [2.24, 2.45) is 5.92 Å². The summed E-state index contributed by atoms with van der Waals surface area (Å²) in [6.45, 7) is 9.05. The summed E-state index contributed by atoms with van der Waals surface area (Å²) in [5, 5.41) is 14.4. The Hall–Kier alpha value is -1.46. The topological polar surface area (TPSA) is 58.4 Å². The molecule has 1 saturated heterocycles. The minimum atomic E-state index is -0.289. The van der Waals surface area contributed by atoms with Crippen molar-refractivity contribution in [3.63, 3.8) is 0 Å². The Morgan fingerprint density at radius 2 is 2.29 bits per heavy atom. The van der Waals surface area contributed by atoms with E-state index in [1.807, 2.05) is 13.0 Å². The Morgan fingerprint density at radius 1 is 1.48 bits per heavy atom. The summed E-state index contributed by atoms with van der Waals surface area (Å²) < 4.78 is 0. The fraction of sp³-hybridized carbons (Fsp3) is 0.625. The summed E-state index contributed by atoms with van der Waals surface area (Å²) in [6, 6.07) is 5.39. The van der Waals surface area contributed by atoms with Gasteiger partial charge in [-0.05, 0) is 50.9 Å². The number of hydrogen-bond donors (Lipinski definition) is 1. The van der Waals surface area contributed by atoms with Gasteiger partial charge in [0, 0.05) is 24.7 Å². The lowest BCUT2D eigenvalue weighted by Gasteiger charge is -2.33. The fourth-order valence-electron chi connectivity index (χ4n) is 3.09. The lowest BCUT2D eigenvalue weighted by molar-refractivity contribution is -0.385. The van der Waals surface area contributed by atoms with Gasteiger partial charge in [-0.3, -0.25) is 15.0 Å². The van der Waals surface area contributed by atoms with Crippen molar-refractivity contribution in [2.75, 3.05) is 26.2 Å². The number of nitro benzene ring substituents is 1. The Morgan fingerprint density at radius 3 is 3.00 bits per heavy atom. The predicted octanol–water partition coefficient (Wildman–Crippen LogP) is 2.72. The van der Waals surface area contributed by atoms with Crippen LogP contribution in [0, 0.1) is 23.0 Å². The van der Waals surface area contributed by atoms with Gasteiger partial charge in [-0.2, -0.15) is 0 Å². The molecule has 116 valence electrons. The molecule has 0 amide bonds. The van der Waals surface area contributed by atoms with Crippen LogP contribution in [0.2, 0.25) is 0 Å². The molecule has 0 aromatic heterocycles. The summed E-state index contributed by atoms with van der Waals surface area (Å²) in [6.07, 6.45) is 2.49. The molecule has 21 heavy (non-hydrogen) atoms. The largest absolute Gasteiger partial charge is 0.317 e. The van der Waals surface area contributed by atoms with E-state index < -0.39 is 0 Å². The molecular weight excluding hydrogens is 266 g/mol. The molecular formula is C16H25N3O2. The SMILES string of the molecule is CCNCC1CCCN(Cc2cccc([N+](=O)[O-])c2C)C1. The highest BCUT2D eigenvalue weighted by atomic mass is 16.6. The molecule has 0 saturated carbocycles. The molecule has 5 heteroatoms. The molecule has 1 atom stereocenters. The van der Waals surface area contributed by atoms with Crippen LogP contribution in [0.25, 0.3) is 0 Å². The second-order valence-corrected chi connectivity index (χ2v) is 5.87. The molecule has 2 rings (SSSR count). The normalized spacial score (nSPS) is 19.6. The molecule has 1 aliphatic rings. The molecule has 1 aromatic carbocycles. The van der Waals surface area contributed by atoms with Crippen molar-refractivity contribution >= 4 is 5.69 Å². The van der Waals surface area contributed by atoms with Gasteiger partial charge in [0.2, 0.25) is 0 Å². The van der Waals surface area contributed by atoms with Gasteiger partial charge >= 0.3 is 0 Å². The lowest BCUT2D eigenvalue weighted by Crippen LogP contribution is -2.39. The Labute approximate surface area is 126 Å². The molecule has 0 radical (unpaired) electrons. The van der Waals surface area contributed by atoms with Crippen LogP contribution < -0.4 is 5.32 Å². The van der Waals surface area contributed by atoms with Gasteiger partial charge < -0.3 is 5.32 Å². The van der Waals surface area contributed by atoms with Gasteiger partial charge in [0.05, 0.1) is 4.92 Å². The van der Waals surface area contributed by atoms with Crippen molar-refractivity contribution in [2.45, 2.75) is 33.2 Å². The first-order valence-corrected chi connectivity index (χ1v) is 7.77. The van der Waals surface area contributed by atoms with E-state index in [-0.39, 0.29) is 10.6 Å². The second kappa shape index (κ2) is 7.52. The first-order valence-electron chi connectivity index (χ1n) is 7.77. The van der Waals surface area contributed by atoms with E-state index in [1.54, 1.807) is 12.1 Å². The number of piperidine rings is 1. The predicted molar refractivity (Wildman–Crippen MR) is 84.4 cm³/mol. The molecule has 1 aliphatic heterocycles. The quantitative estimate of drug-likeness (QED) is 0.647. The number of nitrogens with zero attached hydrogens (tertiary/aromatic N) is 2. The first kappa shape index (κ1) is 15.9. The molecule has 1 unspecified atom stereocenters. The van der Waals surface area contributed by atoms with Crippen molar-refractivity contribution in [1.82, 2.24) is 10.2 Å². The Balaban J connectivity index is 2.01. The van der Waals surface area contributed by atoms with E-state index in [4.69, 9.17) is 0 Å². The van der Waals surface area contributed by atoms with E-state index in [1.165, 1.54) is 12.8 Å². The smallest absolute Gasteiger partial charge is 0.272 e. The molecule has 5 nitrogen and oxygen atoms in total. The summed E-state index contributed by atoms with van der Waals surface area (Å²) in [5.41, 5.74) is 2.11. The number of nitro groups is 1. The summed E-state index contributed by atoms with van der Waals surface area (Å²) in [5.74, 6) is 0.692. The van der Waals surface area contributed by atoms with Crippen molar-refractivity contribution in [3.8, 4) is 0 Å². The first-order chi connectivity index (χ1) is 10.1. The number of rotatable bonds is 6. The van der Waals surface area contributed by atoms with E-state index in [9.17, 15) is 10.1 Å². The third-order valence-corrected chi connectivity index (χ3v) is 4.29. The van der Waals surface area contributed by atoms with Crippen molar-refractivity contribution in [3.05, 3.63) is 39.4 Å². The van der Waals surface area contributed by atoms with Crippen LogP contribution in [0.1, 0.15) is 30.9 Å². The van der Waals surface area contributed by atoms with Crippen LogP contribution in [0.15, 0.2) is 18.2 Å². The van der Waals surface area contributed by atoms with Gasteiger partial charge in [-0.1, -0.05) is 19.1 Å². The van der Waals surface area contributed by atoms with Gasteiger partial charge in [-0.15, -0.1) is 0 Å². The molecule has 0 aliphatic carbocycles. The Kier molecular flexibility index (Phi) is 5.70. The van der Waals surface area contributed by atoms with E-state index in [2.05, 4.69) is 17.1 Å². The number of hydrogen-bond acceptors (Lipinski definition) is 4. The van der Waals surface area contributed by atoms with Gasteiger partial charge in [0.1, 0.15) is 0 Å². The zero-order valence-corrected chi connectivity index (χ0v) is 13.0. The average molecular weight is 291 g/mol. The lowest BCUT2D eigenvalue weighted by atomic mass is 9.97. The van der Waals surface area contributed by atoms with Gasteiger partial charge in [0.15, 0.2) is 0 Å². The molecule has 0 spiro atoms. The highest BCUT2D eigenvalue weighted by molar-refractivity contribution is 5.44. The van der Waals surface area contributed by atoms with Crippen molar-refractivity contribution in [1.29, 1.82) is 0 Å². The molecule has 1 heterocycles. The van der Waals surface area contributed by atoms with Gasteiger partial charge in [0.25, 0.3) is 5.69 Å². The molecule has 1 aromatic rings. The third kappa shape index (κ3) is 4.25. The minimum Gasteiger partial charge on any atom is -0.317 e. The van der Waals surface area contributed by atoms with E-state index >= 15 is 0 Å². The maximum absolute atomic E-state index is 11.0. The zero-order chi connectivity index (χ0) is 15.2. The van der Waals surface area contributed by atoms with Crippen LogP contribution in [0.4, 0.5) is 5.69 Å². The Bertz CT molecular complexity index is 490. The summed E-state index contributed by atoms with van der Waals surface area (Å²) in [4.78, 5) is 13.2. The van der Waals surface area contributed by atoms with Crippen LogP contribution in [-0.4, -0.2) is 36.0 Å². The summed E-state index contributed by atoms with van der Waals surface area (Å²) in [7, 11) is 0. The highest BCUT2D eigenvalue weighted by Crippen LogP contribution is 2.24. The van der Waals surface area contributed by atoms with Gasteiger partial charge in [-0.25, -0.2) is 0 Å².